The molecule has 2 amide bonds. The summed E-state index contributed by atoms with van der Waals surface area (Å²) < 4.78 is 5.72. The molecule has 7 nitrogen and oxygen atoms in total. The molecule has 0 aliphatic carbocycles. The number of aromatic nitrogens is 2. The van der Waals surface area contributed by atoms with Gasteiger partial charge in [-0.25, -0.2) is 9.97 Å². The molecule has 176 valence electrons. The van der Waals surface area contributed by atoms with Gasteiger partial charge in [0.25, 0.3) is 0 Å². The number of hydrogen-bond donors (Lipinski definition) is 1. The molecule has 4 rings (SSSR count). The number of nitrogens with zero attached hydrogens (tertiary/aromatic N) is 3. The van der Waals surface area contributed by atoms with E-state index in [4.69, 9.17) is 4.74 Å². The molecule has 3 aromatic rings. The van der Waals surface area contributed by atoms with Crippen molar-refractivity contribution in [2.75, 3.05) is 16.8 Å². The van der Waals surface area contributed by atoms with Gasteiger partial charge in [-0.3, -0.25) is 9.59 Å². The van der Waals surface area contributed by atoms with Crippen molar-refractivity contribution < 1.29 is 14.3 Å². The molecule has 34 heavy (non-hydrogen) atoms. The van der Waals surface area contributed by atoms with E-state index in [9.17, 15) is 9.59 Å². The summed E-state index contributed by atoms with van der Waals surface area (Å²) in [5.74, 6) is -0.0140. The number of carbonyl (C=O) groups excluding carboxylic acids is 2. The molecule has 0 bridgehead atoms. The Morgan fingerprint density at radius 2 is 1.74 bits per heavy atom. The van der Waals surface area contributed by atoms with Crippen molar-refractivity contribution >= 4 is 23.2 Å². The quantitative estimate of drug-likeness (QED) is 0.500. The van der Waals surface area contributed by atoms with Gasteiger partial charge in [-0.1, -0.05) is 25.5 Å². The monoisotopic (exact) mass is 458 g/mol. The van der Waals surface area contributed by atoms with E-state index < -0.39 is 5.92 Å². The molecular formula is C27H30N4O3. The zero-order valence-corrected chi connectivity index (χ0v) is 19.9. The predicted molar refractivity (Wildman–Crippen MR) is 132 cm³/mol. The molecule has 1 unspecified atom stereocenters. The van der Waals surface area contributed by atoms with E-state index in [1.165, 1.54) is 5.56 Å². The molecule has 2 aromatic carbocycles. The first kappa shape index (κ1) is 23.4. The van der Waals surface area contributed by atoms with Crippen LogP contribution in [0.3, 0.4) is 0 Å². The lowest BCUT2D eigenvalue weighted by atomic mass is 10.1. The van der Waals surface area contributed by atoms with Crippen LogP contribution < -0.4 is 15.0 Å². The van der Waals surface area contributed by atoms with Crippen LogP contribution in [-0.4, -0.2) is 28.3 Å². The van der Waals surface area contributed by atoms with Crippen molar-refractivity contribution in [3.63, 3.8) is 0 Å². The minimum absolute atomic E-state index is 0.0290. The molecule has 1 saturated heterocycles. The van der Waals surface area contributed by atoms with Crippen molar-refractivity contribution in [1.29, 1.82) is 0 Å². The number of aryl methyl sites for hydroxylation is 3. The van der Waals surface area contributed by atoms with Crippen molar-refractivity contribution in [2.45, 2.75) is 46.5 Å². The summed E-state index contributed by atoms with van der Waals surface area (Å²) in [6.45, 7) is 6.32. The SMILES string of the molecule is CCCCc1ccc(N2CC(C(=O)Nc3ccc(Oc4nc(C)cc(C)n4)cc3)CC2=O)cc1. The van der Waals surface area contributed by atoms with Gasteiger partial charge in [0.05, 0.1) is 5.92 Å². The minimum atomic E-state index is -0.396. The molecule has 1 N–H and O–H groups in total. The van der Waals surface area contributed by atoms with Crippen molar-refractivity contribution in [1.82, 2.24) is 9.97 Å². The summed E-state index contributed by atoms with van der Waals surface area (Å²) in [6, 6.07) is 17.3. The van der Waals surface area contributed by atoms with Gasteiger partial charge in [0.15, 0.2) is 0 Å². The topological polar surface area (TPSA) is 84.4 Å². The van der Waals surface area contributed by atoms with Gasteiger partial charge in [0.2, 0.25) is 11.8 Å². The smallest absolute Gasteiger partial charge is 0.322 e. The van der Waals surface area contributed by atoms with E-state index in [2.05, 4.69) is 34.3 Å². The molecule has 2 heterocycles. The van der Waals surface area contributed by atoms with Gasteiger partial charge < -0.3 is 15.0 Å². The lowest BCUT2D eigenvalue weighted by Gasteiger charge is -2.17. The first-order valence-corrected chi connectivity index (χ1v) is 11.7. The van der Waals surface area contributed by atoms with E-state index >= 15 is 0 Å². The number of amides is 2. The Kier molecular flexibility index (Phi) is 7.21. The Hall–Kier alpha value is -3.74. The highest BCUT2D eigenvalue weighted by atomic mass is 16.5. The highest BCUT2D eigenvalue weighted by molar-refractivity contribution is 6.03. The molecule has 1 atom stereocenters. The summed E-state index contributed by atoms with van der Waals surface area (Å²) in [4.78, 5) is 35.6. The van der Waals surface area contributed by atoms with E-state index in [-0.39, 0.29) is 24.2 Å². The number of unbranched alkanes of at least 4 members (excludes halogenated alkanes) is 1. The van der Waals surface area contributed by atoms with Crippen LogP contribution in [0.25, 0.3) is 0 Å². The van der Waals surface area contributed by atoms with Crippen LogP contribution >= 0.6 is 0 Å². The third kappa shape index (κ3) is 5.78. The van der Waals surface area contributed by atoms with Crippen LogP contribution in [0.4, 0.5) is 11.4 Å². The molecule has 1 aliphatic rings. The Bertz CT molecular complexity index is 1140. The molecule has 1 aliphatic heterocycles. The zero-order chi connectivity index (χ0) is 24.1. The number of benzene rings is 2. The fourth-order valence-corrected chi connectivity index (χ4v) is 4.05. The number of nitrogens with one attached hydrogen (secondary N) is 1. The average Bonchev–Trinajstić information content (AvgIpc) is 3.20. The molecular weight excluding hydrogens is 428 g/mol. The van der Waals surface area contributed by atoms with Crippen LogP contribution in [0.15, 0.2) is 54.6 Å². The third-order valence-corrected chi connectivity index (χ3v) is 5.86. The molecule has 1 fully saturated rings. The van der Waals surface area contributed by atoms with Crippen LogP contribution in [0.2, 0.25) is 0 Å². The predicted octanol–water partition coefficient (Wildman–Crippen LogP) is 5.22. The summed E-state index contributed by atoms with van der Waals surface area (Å²) in [7, 11) is 0. The Morgan fingerprint density at radius 1 is 1.06 bits per heavy atom. The molecule has 0 saturated carbocycles. The second kappa shape index (κ2) is 10.5. The maximum atomic E-state index is 12.8. The third-order valence-electron chi connectivity index (χ3n) is 5.86. The van der Waals surface area contributed by atoms with Gasteiger partial charge in [-0.15, -0.1) is 0 Å². The molecule has 1 aromatic heterocycles. The highest BCUT2D eigenvalue weighted by Crippen LogP contribution is 2.27. The van der Waals surface area contributed by atoms with Crippen molar-refractivity contribution in [3.8, 4) is 11.8 Å². The van der Waals surface area contributed by atoms with E-state index in [0.717, 1.165) is 36.3 Å². The van der Waals surface area contributed by atoms with Gasteiger partial charge in [-0.2, -0.15) is 0 Å². The highest BCUT2D eigenvalue weighted by Gasteiger charge is 2.35. The maximum Gasteiger partial charge on any atom is 0.322 e. The second-order valence-corrected chi connectivity index (χ2v) is 8.72. The summed E-state index contributed by atoms with van der Waals surface area (Å²) in [6.07, 6.45) is 3.54. The van der Waals surface area contributed by atoms with Crippen LogP contribution in [0, 0.1) is 19.8 Å². The summed E-state index contributed by atoms with van der Waals surface area (Å²) in [5.41, 5.74) is 4.42. The number of rotatable bonds is 8. The number of anilines is 2. The van der Waals surface area contributed by atoms with E-state index in [1.54, 1.807) is 29.2 Å². The van der Waals surface area contributed by atoms with Gasteiger partial charge >= 0.3 is 6.01 Å². The van der Waals surface area contributed by atoms with Gasteiger partial charge in [-0.05, 0) is 74.7 Å². The molecule has 0 spiro atoms. The normalized spacial score (nSPS) is 15.4. The maximum absolute atomic E-state index is 12.8. The lowest BCUT2D eigenvalue weighted by molar-refractivity contribution is -0.122. The van der Waals surface area contributed by atoms with Gasteiger partial charge in [0.1, 0.15) is 5.75 Å². The number of carbonyl (C=O) groups is 2. The minimum Gasteiger partial charge on any atom is -0.424 e. The number of hydrogen-bond acceptors (Lipinski definition) is 5. The fourth-order valence-electron chi connectivity index (χ4n) is 4.05. The van der Waals surface area contributed by atoms with E-state index in [1.807, 2.05) is 32.0 Å². The van der Waals surface area contributed by atoms with Crippen LogP contribution in [0.5, 0.6) is 11.8 Å². The Balaban J connectivity index is 1.34. The summed E-state index contributed by atoms with van der Waals surface area (Å²) >= 11 is 0. The molecule has 0 radical (unpaired) electrons. The largest absolute Gasteiger partial charge is 0.424 e. The zero-order valence-electron chi connectivity index (χ0n) is 19.9. The first-order chi connectivity index (χ1) is 16.4. The van der Waals surface area contributed by atoms with Gasteiger partial charge in [0, 0.05) is 35.7 Å². The first-order valence-electron chi connectivity index (χ1n) is 11.7. The number of ether oxygens (including phenoxy) is 1. The molecule has 7 heteroatoms. The second-order valence-electron chi connectivity index (χ2n) is 8.72. The lowest BCUT2D eigenvalue weighted by Crippen LogP contribution is -2.28. The van der Waals surface area contributed by atoms with Crippen molar-refractivity contribution in [2.24, 2.45) is 5.92 Å². The fraction of sp³-hybridized carbons (Fsp3) is 0.333. The Labute approximate surface area is 200 Å². The van der Waals surface area contributed by atoms with Crippen LogP contribution in [0.1, 0.15) is 43.1 Å². The average molecular weight is 459 g/mol. The van der Waals surface area contributed by atoms with E-state index in [0.29, 0.717) is 18.0 Å². The van der Waals surface area contributed by atoms with Crippen molar-refractivity contribution in [3.05, 3.63) is 71.5 Å². The Morgan fingerprint density at radius 3 is 2.38 bits per heavy atom. The summed E-state index contributed by atoms with van der Waals surface area (Å²) in [5, 5.41) is 2.91. The van der Waals surface area contributed by atoms with Crippen LogP contribution in [-0.2, 0) is 16.0 Å². The standard InChI is InChI=1S/C27H30N4O3/c1-4-5-6-20-7-11-23(12-8-20)31-17-21(16-25(31)32)26(33)30-22-9-13-24(14-10-22)34-27-28-18(2)15-19(3)29-27/h7-15,21H,4-6,16-17H2,1-3H3,(H,30,33).